The monoisotopic (exact) mass is 407 g/mol. The number of nitrogens with zero attached hydrogens (tertiary/aromatic N) is 2. The Morgan fingerprint density at radius 3 is 2.50 bits per heavy atom. The molecule has 0 aromatic heterocycles. The highest BCUT2D eigenvalue weighted by atomic mass is 32.2. The Bertz CT molecular complexity index is 788. The molecular weight excluding hydrogens is 374 g/mol. The fourth-order valence-corrected chi connectivity index (χ4v) is 6.59. The third kappa shape index (κ3) is 4.51. The largest absolute Gasteiger partial charge is 0.331 e. The number of sulfone groups is 1. The molecule has 2 fully saturated rings. The van der Waals surface area contributed by atoms with Crippen LogP contribution in [-0.4, -0.2) is 56.7 Å². The lowest BCUT2D eigenvalue weighted by molar-refractivity contribution is 0.113. The molecule has 0 spiro atoms. The van der Waals surface area contributed by atoms with Gasteiger partial charge in [-0.25, -0.2) is 13.2 Å². The number of amides is 2. The van der Waals surface area contributed by atoms with Crippen molar-refractivity contribution >= 4 is 15.9 Å². The zero-order valence-electron chi connectivity index (χ0n) is 17.0. The van der Waals surface area contributed by atoms with Crippen molar-refractivity contribution in [1.29, 1.82) is 0 Å². The Balaban J connectivity index is 1.89. The molecule has 1 saturated carbocycles. The van der Waals surface area contributed by atoms with E-state index in [4.69, 9.17) is 5.73 Å². The van der Waals surface area contributed by atoms with Gasteiger partial charge in [-0.05, 0) is 36.0 Å². The number of likely N-dealkylation sites (tertiary alicyclic amines) is 1. The Labute approximate surface area is 169 Å². The Kier molecular flexibility index (Phi) is 6.65. The Morgan fingerprint density at radius 2 is 1.86 bits per heavy atom. The summed E-state index contributed by atoms with van der Waals surface area (Å²) in [5, 5.41) is -0.565. The molecule has 1 aromatic carbocycles. The van der Waals surface area contributed by atoms with Crippen LogP contribution < -0.4 is 5.73 Å². The molecule has 3 rings (SSSR count). The van der Waals surface area contributed by atoms with Crippen LogP contribution in [0.15, 0.2) is 29.2 Å². The van der Waals surface area contributed by atoms with Gasteiger partial charge in [-0.2, -0.15) is 0 Å². The summed E-state index contributed by atoms with van der Waals surface area (Å²) in [7, 11) is -0.0803. The van der Waals surface area contributed by atoms with Crippen molar-refractivity contribution < 1.29 is 13.2 Å². The predicted molar refractivity (Wildman–Crippen MR) is 111 cm³/mol. The van der Waals surface area contributed by atoms with E-state index in [2.05, 4.69) is 0 Å². The van der Waals surface area contributed by atoms with E-state index in [1.165, 1.54) is 19.3 Å². The van der Waals surface area contributed by atoms with E-state index < -0.39 is 15.1 Å². The first-order valence-corrected chi connectivity index (χ1v) is 11.9. The first-order valence-electron chi connectivity index (χ1n) is 10.3. The average molecular weight is 408 g/mol. The molecule has 2 atom stereocenters. The summed E-state index contributed by atoms with van der Waals surface area (Å²) in [6.07, 6.45) is 6.60. The summed E-state index contributed by atoms with van der Waals surface area (Å²) in [5.74, 6) is 0.759. The molecule has 2 unspecified atom stereocenters. The molecule has 1 aromatic rings. The van der Waals surface area contributed by atoms with Gasteiger partial charge in [0.05, 0.1) is 10.1 Å². The standard InChI is InChI=1S/C21H33N3O3S/c1-23(2)21(25)24-14-18(17-8-4-3-5-9-17)12-20(15-24)28(26,27)19-10-6-7-16(11-19)13-22/h6-7,10-11,17-18,20H,3-5,8-9,12-15,22H2,1-2H3. The summed E-state index contributed by atoms with van der Waals surface area (Å²) < 4.78 is 26.9. The van der Waals surface area contributed by atoms with Gasteiger partial charge < -0.3 is 15.5 Å². The maximum Gasteiger partial charge on any atom is 0.319 e. The van der Waals surface area contributed by atoms with Crippen molar-refractivity contribution in [2.24, 2.45) is 17.6 Å². The van der Waals surface area contributed by atoms with E-state index in [0.717, 1.165) is 18.4 Å². The van der Waals surface area contributed by atoms with Crippen LogP contribution in [0, 0.1) is 11.8 Å². The second-order valence-corrected chi connectivity index (χ2v) is 10.7. The van der Waals surface area contributed by atoms with Crippen molar-refractivity contribution in [2.75, 3.05) is 27.2 Å². The minimum absolute atomic E-state index is 0.101. The maximum absolute atomic E-state index is 13.4. The molecular formula is C21H33N3O3S. The fraction of sp³-hybridized carbons (Fsp3) is 0.667. The van der Waals surface area contributed by atoms with Crippen molar-refractivity contribution in [1.82, 2.24) is 9.80 Å². The van der Waals surface area contributed by atoms with Crippen molar-refractivity contribution in [3.63, 3.8) is 0 Å². The van der Waals surface area contributed by atoms with Gasteiger partial charge in [0.15, 0.2) is 9.84 Å². The van der Waals surface area contributed by atoms with E-state index in [9.17, 15) is 13.2 Å². The second-order valence-electron chi connectivity index (χ2n) is 8.49. The van der Waals surface area contributed by atoms with Crippen LogP contribution in [0.1, 0.15) is 44.1 Å². The van der Waals surface area contributed by atoms with Crippen LogP contribution in [0.5, 0.6) is 0 Å². The number of urea groups is 1. The van der Waals surface area contributed by atoms with Crippen LogP contribution in [0.3, 0.4) is 0 Å². The SMILES string of the molecule is CN(C)C(=O)N1CC(C2CCCCC2)CC(S(=O)(=O)c2cccc(CN)c2)C1. The molecule has 0 bridgehead atoms. The molecule has 1 heterocycles. The van der Waals surface area contributed by atoms with Gasteiger partial charge in [-0.15, -0.1) is 0 Å². The van der Waals surface area contributed by atoms with Gasteiger partial charge in [0, 0.05) is 33.7 Å². The topological polar surface area (TPSA) is 83.7 Å². The van der Waals surface area contributed by atoms with Gasteiger partial charge in [0.25, 0.3) is 0 Å². The number of carbonyl (C=O) groups excluding carboxylic acids is 1. The highest BCUT2D eigenvalue weighted by molar-refractivity contribution is 7.92. The van der Waals surface area contributed by atoms with Crippen LogP contribution in [0.2, 0.25) is 0 Å². The number of piperidine rings is 1. The van der Waals surface area contributed by atoms with E-state index >= 15 is 0 Å². The summed E-state index contributed by atoms with van der Waals surface area (Å²) in [6.45, 7) is 1.23. The lowest BCUT2D eigenvalue weighted by Crippen LogP contribution is -2.53. The Hall–Kier alpha value is -1.60. The number of nitrogens with two attached hydrogens (primary N) is 1. The van der Waals surface area contributed by atoms with E-state index in [0.29, 0.717) is 30.3 Å². The molecule has 2 amide bonds. The zero-order valence-corrected chi connectivity index (χ0v) is 17.8. The summed E-state index contributed by atoms with van der Waals surface area (Å²) >= 11 is 0. The van der Waals surface area contributed by atoms with E-state index in [1.807, 2.05) is 6.07 Å². The molecule has 156 valence electrons. The van der Waals surface area contributed by atoms with Gasteiger partial charge in [-0.1, -0.05) is 44.2 Å². The summed E-state index contributed by atoms with van der Waals surface area (Å²) in [5.41, 5.74) is 6.51. The predicted octanol–water partition coefficient (Wildman–Crippen LogP) is 2.87. The first-order chi connectivity index (χ1) is 13.3. The molecule has 0 radical (unpaired) electrons. The van der Waals surface area contributed by atoms with Gasteiger partial charge in [0.2, 0.25) is 0 Å². The number of hydrogen-bond acceptors (Lipinski definition) is 4. The summed E-state index contributed by atoms with van der Waals surface area (Å²) in [4.78, 5) is 16.3. The Morgan fingerprint density at radius 1 is 1.14 bits per heavy atom. The highest BCUT2D eigenvalue weighted by Crippen LogP contribution is 2.37. The minimum atomic E-state index is -3.53. The molecule has 1 aliphatic heterocycles. The lowest BCUT2D eigenvalue weighted by Gasteiger charge is -2.42. The quantitative estimate of drug-likeness (QED) is 0.832. The number of rotatable bonds is 4. The van der Waals surface area contributed by atoms with Gasteiger partial charge in [-0.3, -0.25) is 0 Å². The fourth-order valence-electron chi connectivity index (χ4n) is 4.74. The lowest BCUT2D eigenvalue weighted by atomic mass is 9.76. The number of hydrogen-bond donors (Lipinski definition) is 1. The van der Waals surface area contributed by atoms with Crippen LogP contribution in [-0.2, 0) is 16.4 Å². The highest BCUT2D eigenvalue weighted by Gasteiger charge is 2.41. The van der Waals surface area contributed by atoms with E-state index in [1.54, 1.807) is 42.1 Å². The average Bonchev–Trinajstić information content (AvgIpc) is 2.73. The third-order valence-corrected chi connectivity index (χ3v) is 8.45. The van der Waals surface area contributed by atoms with Crippen LogP contribution in [0.25, 0.3) is 0 Å². The van der Waals surface area contributed by atoms with Crippen molar-refractivity contribution in [3.8, 4) is 0 Å². The van der Waals surface area contributed by atoms with Crippen LogP contribution in [0.4, 0.5) is 4.79 Å². The molecule has 28 heavy (non-hydrogen) atoms. The first kappa shape index (κ1) is 21.1. The molecule has 1 aliphatic carbocycles. The normalized spacial score (nSPS) is 24.2. The van der Waals surface area contributed by atoms with Crippen molar-refractivity contribution in [3.05, 3.63) is 29.8 Å². The second kappa shape index (κ2) is 8.82. The maximum atomic E-state index is 13.4. The van der Waals surface area contributed by atoms with Crippen LogP contribution >= 0.6 is 0 Å². The molecule has 1 saturated heterocycles. The van der Waals surface area contributed by atoms with Crippen molar-refractivity contribution in [2.45, 2.75) is 55.2 Å². The van der Waals surface area contributed by atoms with Gasteiger partial charge in [0.1, 0.15) is 0 Å². The zero-order chi connectivity index (χ0) is 20.3. The minimum Gasteiger partial charge on any atom is -0.331 e. The molecule has 2 N–H and O–H groups in total. The molecule has 2 aliphatic rings. The third-order valence-electron chi connectivity index (χ3n) is 6.32. The van der Waals surface area contributed by atoms with E-state index in [-0.39, 0.29) is 18.5 Å². The molecule has 6 nitrogen and oxygen atoms in total. The number of benzene rings is 1. The smallest absolute Gasteiger partial charge is 0.319 e. The van der Waals surface area contributed by atoms with Gasteiger partial charge >= 0.3 is 6.03 Å². The number of carbonyl (C=O) groups is 1. The summed E-state index contributed by atoms with van der Waals surface area (Å²) in [6, 6.07) is 6.82. The molecule has 7 heteroatoms.